The zero-order valence-electron chi connectivity index (χ0n) is 14.8. The number of nitrogens with zero attached hydrogens (tertiary/aromatic N) is 1. The van der Waals surface area contributed by atoms with Crippen molar-refractivity contribution in [3.63, 3.8) is 0 Å². The van der Waals surface area contributed by atoms with E-state index in [1.54, 1.807) is 30.5 Å². The van der Waals surface area contributed by atoms with Gasteiger partial charge in [-0.15, -0.1) is 0 Å². The van der Waals surface area contributed by atoms with Crippen LogP contribution in [0.15, 0.2) is 42.6 Å². The maximum absolute atomic E-state index is 12.2. The van der Waals surface area contributed by atoms with E-state index in [1.807, 2.05) is 12.1 Å². The van der Waals surface area contributed by atoms with Crippen molar-refractivity contribution < 1.29 is 9.59 Å². The largest absolute Gasteiger partial charge is 0.352 e. The Hall–Kier alpha value is -2.89. The second-order valence-electron chi connectivity index (χ2n) is 6.26. The van der Waals surface area contributed by atoms with Crippen LogP contribution >= 0.6 is 0 Å². The fraction of sp³-hybridized carbons (Fsp3) is 0.316. The van der Waals surface area contributed by atoms with Crippen molar-refractivity contribution in [1.29, 1.82) is 0 Å². The van der Waals surface area contributed by atoms with E-state index in [-0.39, 0.29) is 11.8 Å². The standard InChI is InChI=1S/C19H24N4O2/c1-13(2)7-9-21-19(25)15-8-10-20-18(11-15)23-17-6-4-5-16(12-17)22-14(3)24/h4-6,8,10-13H,7,9H2,1-3H3,(H,20,23)(H,21,25)(H,22,24). The Labute approximate surface area is 148 Å². The molecule has 6 nitrogen and oxygen atoms in total. The van der Waals surface area contributed by atoms with Crippen LogP contribution in [-0.4, -0.2) is 23.3 Å². The number of rotatable bonds is 7. The van der Waals surface area contributed by atoms with Crippen molar-refractivity contribution in [3.05, 3.63) is 48.2 Å². The summed E-state index contributed by atoms with van der Waals surface area (Å²) < 4.78 is 0. The molecule has 2 amide bonds. The fourth-order valence-corrected chi connectivity index (χ4v) is 2.24. The quantitative estimate of drug-likeness (QED) is 0.720. The molecule has 6 heteroatoms. The highest BCUT2D eigenvalue weighted by atomic mass is 16.2. The number of nitrogens with one attached hydrogen (secondary N) is 3. The van der Waals surface area contributed by atoms with Gasteiger partial charge in [-0.3, -0.25) is 9.59 Å². The summed E-state index contributed by atoms with van der Waals surface area (Å²) in [6.07, 6.45) is 2.54. The van der Waals surface area contributed by atoms with Crippen LogP contribution in [0.25, 0.3) is 0 Å². The number of pyridine rings is 1. The highest BCUT2D eigenvalue weighted by Gasteiger charge is 2.07. The number of amides is 2. The van der Waals surface area contributed by atoms with Crippen LogP contribution in [0.2, 0.25) is 0 Å². The molecule has 0 saturated carbocycles. The van der Waals surface area contributed by atoms with Gasteiger partial charge in [-0.2, -0.15) is 0 Å². The Kier molecular flexibility index (Phi) is 6.51. The molecule has 132 valence electrons. The first-order chi connectivity index (χ1) is 11.9. The van der Waals surface area contributed by atoms with Crippen molar-refractivity contribution in [3.8, 4) is 0 Å². The molecular formula is C19H24N4O2. The van der Waals surface area contributed by atoms with Crippen molar-refractivity contribution in [2.24, 2.45) is 5.92 Å². The summed E-state index contributed by atoms with van der Waals surface area (Å²) in [6.45, 7) is 6.36. The molecule has 1 aromatic heterocycles. The number of aromatic nitrogens is 1. The lowest BCUT2D eigenvalue weighted by atomic mass is 10.1. The molecule has 0 spiro atoms. The van der Waals surface area contributed by atoms with E-state index >= 15 is 0 Å². The Morgan fingerprint density at radius 1 is 1.12 bits per heavy atom. The average Bonchev–Trinajstić information content (AvgIpc) is 2.54. The topological polar surface area (TPSA) is 83.1 Å². The Bertz CT molecular complexity index is 744. The van der Waals surface area contributed by atoms with Crippen molar-refractivity contribution in [1.82, 2.24) is 10.3 Å². The van der Waals surface area contributed by atoms with Gasteiger partial charge < -0.3 is 16.0 Å². The Morgan fingerprint density at radius 2 is 1.88 bits per heavy atom. The highest BCUT2D eigenvalue weighted by molar-refractivity contribution is 5.95. The summed E-state index contributed by atoms with van der Waals surface area (Å²) in [4.78, 5) is 27.6. The molecule has 3 N–H and O–H groups in total. The highest BCUT2D eigenvalue weighted by Crippen LogP contribution is 2.19. The van der Waals surface area contributed by atoms with E-state index in [0.29, 0.717) is 29.5 Å². The van der Waals surface area contributed by atoms with Gasteiger partial charge in [-0.25, -0.2) is 4.98 Å². The van der Waals surface area contributed by atoms with E-state index < -0.39 is 0 Å². The van der Waals surface area contributed by atoms with Gasteiger partial charge in [0, 0.05) is 36.6 Å². The Balaban J connectivity index is 2.03. The summed E-state index contributed by atoms with van der Waals surface area (Å²) in [5.41, 5.74) is 2.02. The van der Waals surface area contributed by atoms with Gasteiger partial charge in [0.1, 0.15) is 5.82 Å². The molecule has 25 heavy (non-hydrogen) atoms. The van der Waals surface area contributed by atoms with Crippen LogP contribution in [-0.2, 0) is 4.79 Å². The second kappa shape index (κ2) is 8.82. The third-order valence-corrected chi connectivity index (χ3v) is 3.48. The van der Waals surface area contributed by atoms with E-state index in [0.717, 1.165) is 12.1 Å². The molecule has 1 aromatic carbocycles. The SMILES string of the molecule is CC(=O)Nc1cccc(Nc2cc(C(=O)NCCC(C)C)ccn2)c1. The molecule has 0 atom stereocenters. The smallest absolute Gasteiger partial charge is 0.251 e. The molecular weight excluding hydrogens is 316 g/mol. The predicted octanol–water partition coefficient (Wildman–Crippen LogP) is 3.56. The normalized spacial score (nSPS) is 10.4. The molecule has 1 heterocycles. The summed E-state index contributed by atoms with van der Waals surface area (Å²) in [7, 11) is 0. The molecule has 2 aromatic rings. The molecule has 0 aliphatic rings. The number of anilines is 3. The van der Waals surface area contributed by atoms with E-state index in [1.165, 1.54) is 6.92 Å². The van der Waals surface area contributed by atoms with Crippen LogP contribution < -0.4 is 16.0 Å². The number of carbonyl (C=O) groups is 2. The van der Waals surface area contributed by atoms with Crippen LogP contribution in [0.1, 0.15) is 37.6 Å². The lowest BCUT2D eigenvalue weighted by Crippen LogP contribution is -2.25. The van der Waals surface area contributed by atoms with E-state index in [9.17, 15) is 9.59 Å². The molecule has 0 fully saturated rings. The molecule has 0 bridgehead atoms. The van der Waals surface area contributed by atoms with Crippen LogP contribution in [0.5, 0.6) is 0 Å². The molecule has 0 aliphatic heterocycles. The number of carbonyl (C=O) groups excluding carboxylic acids is 2. The number of hydrogen-bond acceptors (Lipinski definition) is 4. The van der Waals surface area contributed by atoms with Crippen molar-refractivity contribution >= 4 is 29.0 Å². The van der Waals surface area contributed by atoms with Gasteiger partial charge >= 0.3 is 0 Å². The average molecular weight is 340 g/mol. The third kappa shape index (κ3) is 6.25. The minimum absolute atomic E-state index is 0.113. The van der Waals surface area contributed by atoms with Crippen LogP contribution in [0.4, 0.5) is 17.2 Å². The minimum atomic E-state index is -0.129. The van der Waals surface area contributed by atoms with Gasteiger partial charge in [-0.05, 0) is 42.7 Å². The zero-order valence-corrected chi connectivity index (χ0v) is 14.8. The first-order valence-electron chi connectivity index (χ1n) is 8.33. The zero-order chi connectivity index (χ0) is 18.2. The molecule has 0 saturated heterocycles. The molecule has 0 aliphatic carbocycles. The van der Waals surface area contributed by atoms with Gasteiger partial charge in [0.05, 0.1) is 0 Å². The molecule has 2 rings (SSSR count). The monoisotopic (exact) mass is 340 g/mol. The maximum atomic E-state index is 12.2. The lowest BCUT2D eigenvalue weighted by molar-refractivity contribution is -0.114. The van der Waals surface area contributed by atoms with E-state index in [2.05, 4.69) is 34.8 Å². The van der Waals surface area contributed by atoms with E-state index in [4.69, 9.17) is 0 Å². The van der Waals surface area contributed by atoms with Gasteiger partial charge in [0.15, 0.2) is 0 Å². The summed E-state index contributed by atoms with van der Waals surface area (Å²) in [5, 5.41) is 8.78. The summed E-state index contributed by atoms with van der Waals surface area (Å²) >= 11 is 0. The minimum Gasteiger partial charge on any atom is -0.352 e. The van der Waals surface area contributed by atoms with Crippen molar-refractivity contribution in [2.75, 3.05) is 17.2 Å². The number of hydrogen-bond donors (Lipinski definition) is 3. The maximum Gasteiger partial charge on any atom is 0.251 e. The first kappa shape index (κ1) is 18.4. The fourth-order valence-electron chi connectivity index (χ4n) is 2.24. The van der Waals surface area contributed by atoms with Crippen molar-refractivity contribution in [2.45, 2.75) is 27.2 Å². The molecule has 0 unspecified atom stereocenters. The Morgan fingerprint density at radius 3 is 2.60 bits per heavy atom. The van der Waals surface area contributed by atoms with Crippen LogP contribution in [0, 0.1) is 5.92 Å². The van der Waals surface area contributed by atoms with Crippen LogP contribution in [0.3, 0.4) is 0 Å². The second-order valence-corrected chi connectivity index (χ2v) is 6.26. The third-order valence-electron chi connectivity index (χ3n) is 3.48. The lowest BCUT2D eigenvalue weighted by Gasteiger charge is -2.10. The molecule has 0 radical (unpaired) electrons. The predicted molar refractivity (Wildman–Crippen MR) is 100 cm³/mol. The number of benzene rings is 1. The summed E-state index contributed by atoms with van der Waals surface area (Å²) in [6, 6.07) is 10.7. The van der Waals surface area contributed by atoms with Gasteiger partial charge in [0.25, 0.3) is 5.91 Å². The van der Waals surface area contributed by atoms with Gasteiger partial charge in [-0.1, -0.05) is 19.9 Å². The first-order valence-corrected chi connectivity index (χ1v) is 8.33. The summed E-state index contributed by atoms with van der Waals surface area (Å²) in [5.74, 6) is 0.871. The van der Waals surface area contributed by atoms with Gasteiger partial charge in [0.2, 0.25) is 5.91 Å².